The summed E-state index contributed by atoms with van der Waals surface area (Å²) < 4.78 is 26.0. The molecular formula is C28H32N5O3P. The number of aryl methyl sites for hydroxylation is 2. The fourth-order valence-electron chi connectivity index (χ4n) is 4.37. The van der Waals surface area contributed by atoms with Crippen LogP contribution >= 0.6 is 7.14 Å². The lowest BCUT2D eigenvalue weighted by molar-refractivity contribution is 0.0219. The highest BCUT2D eigenvalue weighted by atomic mass is 31.2. The number of nitrogens with one attached hydrogen (secondary N) is 1. The zero-order valence-corrected chi connectivity index (χ0v) is 22.5. The monoisotopic (exact) mass is 517 g/mol. The number of aromatic nitrogens is 4. The number of anilines is 2. The van der Waals surface area contributed by atoms with E-state index in [2.05, 4.69) is 53.4 Å². The summed E-state index contributed by atoms with van der Waals surface area (Å²) in [6.07, 6.45) is 7.38. The smallest absolute Gasteiger partial charge is 0.320 e. The number of ether oxygens (including phenoxy) is 2. The molecule has 1 fully saturated rings. The highest BCUT2D eigenvalue weighted by Crippen LogP contribution is 2.35. The van der Waals surface area contributed by atoms with Crippen LogP contribution in [0.15, 0.2) is 48.8 Å². The van der Waals surface area contributed by atoms with Crippen molar-refractivity contribution in [3.63, 3.8) is 0 Å². The molecule has 2 aromatic carbocycles. The lowest BCUT2D eigenvalue weighted by Crippen LogP contribution is -2.26. The first-order chi connectivity index (χ1) is 17.8. The van der Waals surface area contributed by atoms with E-state index in [-0.39, 0.29) is 6.10 Å². The van der Waals surface area contributed by atoms with Crippen molar-refractivity contribution < 1.29 is 14.0 Å². The summed E-state index contributed by atoms with van der Waals surface area (Å²) in [4.78, 5) is 14.0. The van der Waals surface area contributed by atoms with Crippen molar-refractivity contribution in [1.29, 1.82) is 0 Å². The molecule has 1 aliphatic rings. The van der Waals surface area contributed by atoms with Crippen LogP contribution in [0, 0.1) is 13.8 Å². The van der Waals surface area contributed by atoms with Crippen LogP contribution in [-0.2, 0) is 9.30 Å². The second kappa shape index (κ2) is 10.5. The van der Waals surface area contributed by atoms with Gasteiger partial charge >= 0.3 is 6.01 Å². The maximum absolute atomic E-state index is 12.4. The molecule has 1 saturated heterocycles. The molecule has 0 radical (unpaired) electrons. The number of hydrogen-bond donors (Lipinski definition) is 1. The molecule has 8 nitrogen and oxygen atoms in total. The van der Waals surface area contributed by atoms with Crippen LogP contribution in [-0.4, -0.2) is 52.2 Å². The summed E-state index contributed by atoms with van der Waals surface area (Å²) in [5.41, 5.74) is 5.66. The van der Waals surface area contributed by atoms with E-state index < -0.39 is 7.14 Å². The van der Waals surface area contributed by atoms with E-state index in [0.29, 0.717) is 36.2 Å². The maximum Gasteiger partial charge on any atom is 0.320 e. The third-order valence-corrected chi connectivity index (χ3v) is 8.08. The van der Waals surface area contributed by atoms with Gasteiger partial charge in [-0.15, -0.1) is 0 Å². The van der Waals surface area contributed by atoms with Crippen LogP contribution in [0.1, 0.15) is 29.5 Å². The van der Waals surface area contributed by atoms with Gasteiger partial charge in [0.15, 0.2) is 17.0 Å². The standard InChI is InChI=1S/C28H32N5O3P/c1-19-6-5-7-20(2)24(19)12-15-33-18-29-25-26(30-21-8-10-23(11-9-21)37(3,4)34)31-28(32-27(25)33)36-22-13-16-35-17-14-22/h5-12,15,18,22H,13-14,16-17H2,1-4H3,(H,30,31,32)/b15-12+. The van der Waals surface area contributed by atoms with Gasteiger partial charge in [0.05, 0.1) is 13.2 Å². The Morgan fingerprint density at radius 3 is 2.43 bits per heavy atom. The van der Waals surface area contributed by atoms with E-state index in [0.717, 1.165) is 23.8 Å². The molecule has 192 valence electrons. The Hall–Kier alpha value is -3.48. The summed E-state index contributed by atoms with van der Waals surface area (Å²) >= 11 is 0. The molecule has 0 amide bonds. The minimum atomic E-state index is -2.33. The highest BCUT2D eigenvalue weighted by molar-refractivity contribution is 7.70. The van der Waals surface area contributed by atoms with E-state index in [9.17, 15) is 4.57 Å². The fourth-order valence-corrected chi connectivity index (χ4v) is 5.24. The number of fused-ring (bicyclic) bond motifs is 1. The summed E-state index contributed by atoms with van der Waals surface area (Å²) in [7, 11) is -2.33. The summed E-state index contributed by atoms with van der Waals surface area (Å²) in [5, 5.41) is 4.19. The van der Waals surface area contributed by atoms with Gasteiger partial charge in [0, 0.05) is 30.0 Å². The number of benzene rings is 2. The van der Waals surface area contributed by atoms with Gasteiger partial charge in [-0.1, -0.05) is 18.2 Å². The van der Waals surface area contributed by atoms with Gasteiger partial charge in [-0.3, -0.25) is 4.57 Å². The van der Waals surface area contributed by atoms with Crippen molar-refractivity contribution in [2.75, 3.05) is 31.9 Å². The SMILES string of the molecule is Cc1cccc(C)c1/C=C/n1cnc2c(Nc3ccc(P(C)(C)=O)cc3)nc(OC3CCOCC3)nc21. The van der Waals surface area contributed by atoms with E-state index in [1.165, 1.54) is 16.7 Å². The predicted molar refractivity (Wildman–Crippen MR) is 150 cm³/mol. The van der Waals surface area contributed by atoms with Crippen molar-refractivity contribution in [2.45, 2.75) is 32.8 Å². The molecule has 0 atom stereocenters. The Labute approximate surface area is 217 Å². The predicted octanol–water partition coefficient (Wildman–Crippen LogP) is 5.62. The van der Waals surface area contributed by atoms with Crippen molar-refractivity contribution in [3.8, 4) is 6.01 Å². The van der Waals surface area contributed by atoms with Crippen LogP contribution in [0.5, 0.6) is 6.01 Å². The maximum atomic E-state index is 12.4. The first-order valence-electron chi connectivity index (χ1n) is 12.4. The van der Waals surface area contributed by atoms with Crippen molar-refractivity contribution >= 4 is 47.4 Å². The molecule has 4 aromatic rings. The molecule has 0 saturated carbocycles. The van der Waals surface area contributed by atoms with Crippen LogP contribution in [0.3, 0.4) is 0 Å². The molecule has 0 spiro atoms. The third kappa shape index (κ3) is 5.76. The van der Waals surface area contributed by atoms with Gasteiger partial charge in [0.1, 0.15) is 19.6 Å². The largest absolute Gasteiger partial charge is 0.460 e. The number of nitrogens with zero attached hydrogens (tertiary/aromatic N) is 4. The lowest BCUT2D eigenvalue weighted by Gasteiger charge is -2.22. The first-order valence-corrected chi connectivity index (χ1v) is 15.0. The van der Waals surface area contributed by atoms with Gasteiger partial charge in [0.2, 0.25) is 0 Å². The Kier molecular flexibility index (Phi) is 7.13. The summed E-state index contributed by atoms with van der Waals surface area (Å²) in [5.74, 6) is 0.551. The normalized spacial score (nSPS) is 14.9. The average molecular weight is 518 g/mol. The minimum Gasteiger partial charge on any atom is -0.460 e. The van der Waals surface area contributed by atoms with Gasteiger partial charge in [0.25, 0.3) is 0 Å². The van der Waals surface area contributed by atoms with Crippen molar-refractivity contribution in [2.24, 2.45) is 0 Å². The van der Waals surface area contributed by atoms with Gasteiger partial charge in [-0.25, -0.2) is 4.98 Å². The molecule has 9 heteroatoms. The zero-order chi connectivity index (χ0) is 26.0. The Morgan fingerprint density at radius 1 is 1.05 bits per heavy atom. The van der Waals surface area contributed by atoms with Crippen LogP contribution in [0.2, 0.25) is 0 Å². The third-order valence-electron chi connectivity index (χ3n) is 6.54. The average Bonchev–Trinajstić information content (AvgIpc) is 3.27. The molecule has 0 aliphatic carbocycles. The lowest BCUT2D eigenvalue weighted by atomic mass is 10.0. The van der Waals surface area contributed by atoms with Crippen molar-refractivity contribution in [3.05, 3.63) is 65.5 Å². The molecule has 5 rings (SSSR count). The quantitative estimate of drug-likeness (QED) is 0.318. The topological polar surface area (TPSA) is 91.2 Å². The molecule has 1 aliphatic heterocycles. The zero-order valence-electron chi connectivity index (χ0n) is 21.6. The van der Waals surface area contributed by atoms with E-state index in [1.54, 1.807) is 19.7 Å². The summed E-state index contributed by atoms with van der Waals surface area (Å²) in [6, 6.07) is 14.1. The van der Waals surface area contributed by atoms with Gasteiger partial charge in [-0.05, 0) is 74.2 Å². The van der Waals surface area contributed by atoms with Crippen LogP contribution < -0.4 is 15.4 Å². The Bertz CT molecular complexity index is 1460. The number of rotatable bonds is 7. The molecule has 2 aromatic heterocycles. The van der Waals surface area contributed by atoms with Crippen LogP contribution in [0.25, 0.3) is 23.4 Å². The Morgan fingerprint density at radius 2 is 1.76 bits per heavy atom. The van der Waals surface area contributed by atoms with Gasteiger partial charge in [-0.2, -0.15) is 9.97 Å². The van der Waals surface area contributed by atoms with E-state index >= 15 is 0 Å². The van der Waals surface area contributed by atoms with E-state index in [1.807, 2.05) is 35.0 Å². The number of hydrogen-bond acceptors (Lipinski definition) is 7. The first kappa shape index (κ1) is 25.2. The van der Waals surface area contributed by atoms with Gasteiger partial charge < -0.3 is 19.4 Å². The molecule has 3 heterocycles. The second-order valence-electron chi connectivity index (χ2n) is 9.75. The number of imidazole rings is 1. The summed E-state index contributed by atoms with van der Waals surface area (Å²) in [6.45, 7) is 9.07. The molecule has 0 bridgehead atoms. The molecular weight excluding hydrogens is 485 g/mol. The highest BCUT2D eigenvalue weighted by Gasteiger charge is 2.20. The molecule has 0 unspecified atom stereocenters. The second-order valence-corrected chi connectivity index (χ2v) is 13.0. The molecule has 1 N–H and O–H groups in total. The van der Waals surface area contributed by atoms with Crippen molar-refractivity contribution in [1.82, 2.24) is 19.5 Å². The van der Waals surface area contributed by atoms with Crippen LogP contribution in [0.4, 0.5) is 11.5 Å². The minimum absolute atomic E-state index is 0.00289. The Balaban J connectivity index is 1.52. The molecule has 37 heavy (non-hydrogen) atoms. The fraction of sp³-hybridized carbons (Fsp3) is 0.321. The van der Waals surface area contributed by atoms with E-state index in [4.69, 9.17) is 14.5 Å².